The predicted octanol–water partition coefficient (Wildman–Crippen LogP) is 1.33. The normalized spacial score (nSPS) is 33.5. The number of hydrogen-bond donors (Lipinski definition) is 0. The predicted molar refractivity (Wildman–Crippen MR) is 85.4 cm³/mol. The zero-order chi connectivity index (χ0) is 15.7. The molecular weight excluding hydrogens is 278 g/mol. The summed E-state index contributed by atoms with van der Waals surface area (Å²) in [5, 5.41) is 0. The maximum absolute atomic E-state index is 13.0. The largest absolute Gasteiger partial charge is 0.342 e. The number of rotatable bonds is 2. The molecule has 0 aromatic carbocycles. The molecule has 3 saturated heterocycles. The summed E-state index contributed by atoms with van der Waals surface area (Å²) < 4.78 is 0. The molecule has 2 amide bonds. The molecule has 3 aliphatic heterocycles. The topological polar surface area (TPSA) is 43.9 Å². The molecule has 3 rings (SSSR count). The Kier molecular flexibility index (Phi) is 4.71. The highest BCUT2D eigenvalue weighted by Gasteiger charge is 2.41. The molecule has 3 unspecified atom stereocenters. The van der Waals surface area contributed by atoms with E-state index < -0.39 is 0 Å². The number of carbonyl (C=O) groups excluding carboxylic acids is 2. The average molecular weight is 307 g/mol. The van der Waals surface area contributed by atoms with Crippen molar-refractivity contribution in [2.45, 2.75) is 57.5 Å². The molecule has 0 aromatic rings. The fraction of sp³-hybridized carbons (Fsp3) is 0.882. The van der Waals surface area contributed by atoms with Crippen molar-refractivity contribution in [3.63, 3.8) is 0 Å². The minimum absolute atomic E-state index is 0.0185. The SMILES string of the molecule is CC(=O)N1CCCC(C(=O)N2CCCC2C2CCCN2C)C1. The van der Waals surface area contributed by atoms with Crippen molar-refractivity contribution in [3.8, 4) is 0 Å². The van der Waals surface area contributed by atoms with Gasteiger partial charge in [0.1, 0.15) is 0 Å². The first-order chi connectivity index (χ1) is 10.6. The van der Waals surface area contributed by atoms with E-state index >= 15 is 0 Å². The first-order valence-corrected chi connectivity index (χ1v) is 8.84. The van der Waals surface area contributed by atoms with Crippen LogP contribution in [0.25, 0.3) is 0 Å². The second-order valence-corrected chi connectivity index (χ2v) is 7.24. The molecule has 5 heteroatoms. The Bertz CT molecular complexity index is 440. The number of amides is 2. The van der Waals surface area contributed by atoms with Crippen LogP contribution < -0.4 is 0 Å². The van der Waals surface area contributed by atoms with Crippen molar-refractivity contribution in [3.05, 3.63) is 0 Å². The second-order valence-electron chi connectivity index (χ2n) is 7.24. The molecule has 0 aliphatic carbocycles. The van der Waals surface area contributed by atoms with Crippen LogP contribution in [0.3, 0.4) is 0 Å². The molecule has 0 saturated carbocycles. The van der Waals surface area contributed by atoms with Crippen molar-refractivity contribution in [1.29, 1.82) is 0 Å². The number of piperidine rings is 1. The quantitative estimate of drug-likeness (QED) is 0.773. The Morgan fingerprint density at radius 2 is 1.59 bits per heavy atom. The van der Waals surface area contributed by atoms with Crippen molar-refractivity contribution >= 4 is 11.8 Å². The van der Waals surface area contributed by atoms with Gasteiger partial charge >= 0.3 is 0 Å². The fourth-order valence-electron chi connectivity index (χ4n) is 4.59. The van der Waals surface area contributed by atoms with Gasteiger partial charge in [-0.25, -0.2) is 0 Å². The molecule has 0 bridgehead atoms. The number of hydrogen-bond acceptors (Lipinski definition) is 3. The summed E-state index contributed by atoms with van der Waals surface area (Å²) in [4.78, 5) is 31.0. The van der Waals surface area contributed by atoms with Gasteiger partial charge in [-0.3, -0.25) is 9.59 Å². The molecule has 124 valence electrons. The third-order valence-corrected chi connectivity index (χ3v) is 5.82. The van der Waals surface area contributed by atoms with E-state index in [2.05, 4.69) is 16.8 Å². The minimum atomic E-state index is 0.0185. The molecule has 3 aliphatic rings. The van der Waals surface area contributed by atoms with Crippen LogP contribution in [-0.4, -0.2) is 71.8 Å². The lowest BCUT2D eigenvalue weighted by molar-refractivity contribution is -0.141. The Morgan fingerprint density at radius 3 is 2.27 bits per heavy atom. The molecule has 5 nitrogen and oxygen atoms in total. The van der Waals surface area contributed by atoms with E-state index in [0.717, 1.165) is 45.3 Å². The van der Waals surface area contributed by atoms with E-state index in [4.69, 9.17) is 0 Å². The van der Waals surface area contributed by atoms with Crippen LogP contribution in [0, 0.1) is 5.92 Å². The first-order valence-electron chi connectivity index (χ1n) is 8.84. The van der Waals surface area contributed by atoms with Gasteiger partial charge in [-0.05, 0) is 52.1 Å². The molecule has 0 N–H and O–H groups in total. The van der Waals surface area contributed by atoms with Gasteiger partial charge in [0.05, 0.1) is 5.92 Å². The van der Waals surface area contributed by atoms with Crippen molar-refractivity contribution in [1.82, 2.24) is 14.7 Å². The van der Waals surface area contributed by atoms with Crippen LogP contribution in [0.2, 0.25) is 0 Å². The standard InChI is InChI=1S/C17H29N3O2/c1-13(21)19-10-3-6-14(12-19)17(22)20-11-5-8-16(20)15-7-4-9-18(15)2/h14-16H,3-12H2,1-2H3. The molecule has 0 radical (unpaired) electrons. The van der Waals surface area contributed by atoms with Crippen LogP contribution in [-0.2, 0) is 9.59 Å². The van der Waals surface area contributed by atoms with Gasteiger partial charge in [-0.1, -0.05) is 0 Å². The highest BCUT2D eigenvalue weighted by molar-refractivity contribution is 5.81. The fourth-order valence-corrected chi connectivity index (χ4v) is 4.59. The maximum Gasteiger partial charge on any atom is 0.227 e. The van der Waals surface area contributed by atoms with Gasteiger partial charge in [0, 0.05) is 38.6 Å². The van der Waals surface area contributed by atoms with Gasteiger partial charge in [-0.2, -0.15) is 0 Å². The monoisotopic (exact) mass is 307 g/mol. The molecule has 0 spiro atoms. The van der Waals surface area contributed by atoms with Crippen molar-refractivity contribution in [2.75, 3.05) is 33.2 Å². The van der Waals surface area contributed by atoms with Gasteiger partial charge in [0.25, 0.3) is 0 Å². The molecular formula is C17H29N3O2. The lowest BCUT2D eigenvalue weighted by atomic mass is 9.95. The van der Waals surface area contributed by atoms with E-state index in [1.54, 1.807) is 6.92 Å². The number of likely N-dealkylation sites (tertiary alicyclic amines) is 3. The van der Waals surface area contributed by atoms with Crippen LogP contribution in [0.5, 0.6) is 0 Å². The van der Waals surface area contributed by atoms with Gasteiger partial charge in [-0.15, -0.1) is 0 Å². The van der Waals surface area contributed by atoms with Crippen LogP contribution >= 0.6 is 0 Å². The summed E-state index contributed by atoms with van der Waals surface area (Å²) in [5.74, 6) is 0.421. The third-order valence-electron chi connectivity index (χ3n) is 5.82. The van der Waals surface area contributed by atoms with E-state index in [9.17, 15) is 9.59 Å². The second kappa shape index (κ2) is 6.57. The lowest BCUT2D eigenvalue weighted by Gasteiger charge is -2.38. The maximum atomic E-state index is 13.0. The Morgan fingerprint density at radius 1 is 0.909 bits per heavy atom. The Balaban J connectivity index is 1.66. The molecule has 3 heterocycles. The smallest absolute Gasteiger partial charge is 0.227 e. The summed E-state index contributed by atoms with van der Waals surface area (Å²) in [6.07, 6.45) is 6.63. The highest BCUT2D eigenvalue weighted by Crippen LogP contribution is 2.31. The van der Waals surface area contributed by atoms with Crippen LogP contribution in [0.15, 0.2) is 0 Å². The van der Waals surface area contributed by atoms with E-state index in [0.29, 0.717) is 24.5 Å². The van der Waals surface area contributed by atoms with E-state index in [-0.39, 0.29) is 11.8 Å². The summed E-state index contributed by atoms with van der Waals surface area (Å²) in [7, 11) is 2.19. The minimum Gasteiger partial charge on any atom is -0.342 e. The number of carbonyl (C=O) groups is 2. The summed E-state index contributed by atoms with van der Waals surface area (Å²) >= 11 is 0. The summed E-state index contributed by atoms with van der Waals surface area (Å²) in [6, 6.07) is 0.937. The molecule has 3 atom stereocenters. The highest BCUT2D eigenvalue weighted by atomic mass is 16.2. The Hall–Kier alpha value is -1.10. The Labute approximate surface area is 133 Å². The molecule has 0 aromatic heterocycles. The van der Waals surface area contributed by atoms with E-state index in [1.807, 2.05) is 4.90 Å². The zero-order valence-corrected chi connectivity index (χ0v) is 14.0. The van der Waals surface area contributed by atoms with E-state index in [1.165, 1.54) is 12.8 Å². The summed E-state index contributed by atoms with van der Waals surface area (Å²) in [5.41, 5.74) is 0. The van der Waals surface area contributed by atoms with Gasteiger partial charge in [0.15, 0.2) is 0 Å². The van der Waals surface area contributed by atoms with Crippen LogP contribution in [0.4, 0.5) is 0 Å². The van der Waals surface area contributed by atoms with Crippen molar-refractivity contribution in [2.24, 2.45) is 5.92 Å². The van der Waals surface area contributed by atoms with Gasteiger partial charge < -0.3 is 14.7 Å². The first kappa shape index (κ1) is 15.8. The lowest BCUT2D eigenvalue weighted by Crippen LogP contribution is -2.51. The number of likely N-dealkylation sites (N-methyl/N-ethyl adjacent to an activating group) is 1. The van der Waals surface area contributed by atoms with Crippen LogP contribution in [0.1, 0.15) is 45.4 Å². The summed E-state index contributed by atoms with van der Waals surface area (Å²) in [6.45, 7) is 5.11. The van der Waals surface area contributed by atoms with Crippen molar-refractivity contribution < 1.29 is 9.59 Å². The molecule has 22 heavy (non-hydrogen) atoms. The third kappa shape index (κ3) is 3.00. The zero-order valence-electron chi connectivity index (χ0n) is 14.0. The average Bonchev–Trinajstić information content (AvgIpc) is 3.14. The molecule has 3 fully saturated rings. The number of nitrogens with zero attached hydrogens (tertiary/aromatic N) is 3. The van der Waals surface area contributed by atoms with Gasteiger partial charge in [0.2, 0.25) is 11.8 Å².